The molecule has 0 aromatic heterocycles. The quantitative estimate of drug-likeness (QED) is 0.832. The summed E-state index contributed by atoms with van der Waals surface area (Å²) in [6, 6.07) is 8.18. The van der Waals surface area contributed by atoms with Crippen molar-refractivity contribution in [3.05, 3.63) is 29.8 Å². The second kappa shape index (κ2) is 7.03. The summed E-state index contributed by atoms with van der Waals surface area (Å²) in [4.78, 5) is 0. The Hall–Kier alpha value is -0.710. The Bertz CT molecular complexity index is 452. The molecule has 1 aliphatic rings. The molecular formula is C17H27NO2S. The lowest BCUT2D eigenvalue weighted by Crippen LogP contribution is -2.40. The molecule has 118 valence electrons. The fourth-order valence-corrected chi connectivity index (χ4v) is 3.27. The standard InChI is InChI=1S/C17H27NO2S/c1-13(18-21(19)17(2,3)4)14-8-7-11-16(12-14)20-15-9-5-6-10-15/h7-8,11-13,15,18H,5-6,9-10H2,1-4H3/t13-,21?/m1/s1. The highest BCUT2D eigenvalue weighted by molar-refractivity contribution is 7.90. The van der Waals surface area contributed by atoms with Crippen molar-refractivity contribution in [1.29, 1.82) is 0 Å². The number of rotatable bonds is 5. The van der Waals surface area contributed by atoms with Gasteiger partial charge < -0.3 is 9.29 Å². The lowest BCUT2D eigenvalue weighted by atomic mass is 10.1. The van der Waals surface area contributed by atoms with Crippen LogP contribution in [0, 0.1) is 0 Å². The third-order valence-electron chi connectivity index (χ3n) is 3.80. The maximum absolute atomic E-state index is 12.2. The number of hydrogen-bond acceptors (Lipinski definition) is 3. The molecule has 21 heavy (non-hydrogen) atoms. The smallest absolute Gasteiger partial charge is 0.136 e. The van der Waals surface area contributed by atoms with Crippen molar-refractivity contribution in [2.24, 2.45) is 0 Å². The first-order chi connectivity index (χ1) is 9.86. The van der Waals surface area contributed by atoms with E-state index < -0.39 is 11.4 Å². The monoisotopic (exact) mass is 309 g/mol. The van der Waals surface area contributed by atoms with E-state index in [1.54, 1.807) is 0 Å². The van der Waals surface area contributed by atoms with Crippen molar-refractivity contribution in [3.63, 3.8) is 0 Å². The van der Waals surface area contributed by atoms with E-state index >= 15 is 0 Å². The average Bonchev–Trinajstić information content (AvgIpc) is 2.90. The van der Waals surface area contributed by atoms with E-state index in [2.05, 4.69) is 16.9 Å². The molecule has 0 radical (unpaired) electrons. The summed E-state index contributed by atoms with van der Waals surface area (Å²) in [5.41, 5.74) is 1.11. The fraction of sp³-hybridized carbons (Fsp3) is 0.647. The molecule has 0 heterocycles. The molecule has 1 fully saturated rings. The van der Waals surface area contributed by atoms with Crippen LogP contribution in [-0.2, 0) is 11.4 Å². The van der Waals surface area contributed by atoms with Crippen molar-refractivity contribution in [2.75, 3.05) is 0 Å². The Labute approximate surface area is 131 Å². The first-order valence-corrected chi connectivity index (χ1v) is 8.96. The minimum Gasteiger partial charge on any atom is -0.598 e. The summed E-state index contributed by atoms with van der Waals surface area (Å²) >= 11 is -1.07. The number of nitrogens with one attached hydrogen (secondary N) is 1. The predicted octanol–water partition coefficient (Wildman–Crippen LogP) is 4.12. The maximum atomic E-state index is 12.2. The minimum atomic E-state index is -1.07. The van der Waals surface area contributed by atoms with E-state index in [1.807, 2.05) is 39.8 Å². The van der Waals surface area contributed by atoms with Crippen LogP contribution in [0.2, 0.25) is 0 Å². The van der Waals surface area contributed by atoms with E-state index in [0.29, 0.717) is 6.10 Å². The van der Waals surface area contributed by atoms with Crippen LogP contribution in [0.25, 0.3) is 0 Å². The van der Waals surface area contributed by atoms with Gasteiger partial charge in [0, 0.05) is 11.4 Å². The zero-order chi connectivity index (χ0) is 15.5. The summed E-state index contributed by atoms with van der Waals surface area (Å²) in [5.74, 6) is 0.926. The third-order valence-corrected chi connectivity index (χ3v) is 5.48. The van der Waals surface area contributed by atoms with Crippen molar-refractivity contribution in [3.8, 4) is 5.75 Å². The normalized spacial score (nSPS) is 19.5. The van der Waals surface area contributed by atoms with Gasteiger partial charge in [-0.3, -0.25) is 0 Å². The Morgan fingerprint density at radius 2 is 1.95 bits per heavy atom. The number of benzene rings is 1. The molecule has 4 heteroatoms. The van der Waals surface area contributed by atoms with E-state index in [1.165, 1.54) is 12.8 Å². The average molecular weight is 309 g/mol. The summed E-state index contributed by atoms with van der Waals surface area (Å²) in [6.07, 6.45) is 5.23. The molecule has 1 aromatic carbocycles. The SMILES string of the molecule is C[C@@H](N[S+]([O-])C(C)(C)C)c1cccc(OC2CCCC2)c1. The van der Waals surface area contributed by atoms with E-state index in [0.717, 1.165) is 24.2 Å². The molecule has 1 unspecified atom stereocenters. The lowest BCUT2D eigenvalue weighted by Gasteiger charge is -2.26. The molecule has 0 bridgehead atoms. The van der Waals surface area contributed by atoms with Crippen LogP contribution in [0.3, 0.4) is 0 Å². The zero-order valence-corrected chi connectivity index (χ0v) is 14.3. The Kier molecular flexibility index (Phi) is 5.58. The van der Waals surface area contributed by atoms with Crippen LogP contribution in [0.4, 0.5) is 0 Å². The first kappa shape index (κ1) is 16.7. The molecule has 1 saturated carbocycles. The van der Waals surface area contributed by atoms with E-state index in [4.69, 9.17) is 4.74 Å². The molecule has 0 amide bonds. The summed E-state index contributed by atoms with van der Waals surface area (Å²) < 4.78 is 21.1. The van der Waals surface area contributed by atoms with Crippen molar-refractivity contribution >= 4 is 11.4 Å². The van der Waals surface area contributed by atoms with Crippen LogP contribution in [0.1, 0.15) is 65.0 Å². The first-order valence-electron chi connectivity index (χ1n) is 7.81. The highest BCUT2D eigenvalue weighted by atomic mass is 32.2. The van der Waals surface area contributed by atoms with Gasteiger partial charge in [-0.2, -0.15) is 0 Å². The predicted molar refractivity (Wildman–Crippen MR) is 88.8 cm³/mol. The largest absolute Gasteiger partial charge is 0.598 e. The van der Waals surface area contributed by atoms with E-state index in [-0.39, 0.29) is 10.8 Å². The lowest BCUT2D eigenvalue weighted by molar-refractivity contribution is 0.210. The zero-order valence-electron chi connectivity index (χ0n) is 13.5. The Morgan fingerprint density at radius 1 is 1.29 bits per heavy atom. The van der Waals surface area contributed by atoms with Gasteiger partial charge in [-0.15, -0.1) is 4.72 Å². The molecule has 3 nitrogen and oxygen atoms in total. The molecular weight excluding hydrogens is 282 g/mol. The second-order valence-corrected chi connectivity index (χ2v) is 8.82. The maximum Gasteiger partial charge on any atom is 0.136 e. The van der Waals surface area contributed by atoms with Gasteiger partial charge in [-0.1, -0.05) is 12.1 Å². The Morgan fingerprint density at radius 3 is 2.57 bits per heavy atom. The highest BCUT2D eigenvalue weighted by Crippen LogP contribution is 2.27. The van der Waals surface area contributed by atoms with Crippen LogP contribution < -0.4 is 9.46 Å². The summed E-state index contributed by atoms with van der Waals surface area (Å²) in [5, 5.41) is 0. The van der Waals surface area contributed by atoms with Crippen molar-refractivity contribution < 1.29 is 9.29 Å². The molecule has 2 rings (SSSR count). The van der Waals surface area contributed by atoms with Crippen molar-refractivity contribution in [1.82, 2.24) is 4.72 Å². The van der Waals surface area contributed by atoms with Crippen LogP contribution in [0.5, 0.6) is 5.75 Å². The molecule has 0 spiro atoms. The Balaban J connectivity index is 1.99. The third kappa shape index (κ3) is 4.90. The van der Waals surface area contributed by atoms with Gasteiger partial charge in [0.15, 0.2) is 0 Å². The van der Waals surface area contributed by atoms with Gasteiger partial charge in [0.2, 0.25) is 0 Å². The summed E-state index contributed by atoms with van der Waals surface area (Å²) in [7, 11) is 0. The molecule has 1 aromatic rings. The number of hydrogen-bond donors (Lipinski definition) is 1. The van der Waals surface area contributed by atoms with Crippen molar-refractivity contribution in [2.45, 2.75) is 70.3 Å². The van der Waals surface area contributed by atoms with Gasteiger partial charge in [-0.05, 0) is 71.1 Å². The fourth-order valence-electron chi connectivity index (χ4n) is 2.46. The van der Waals surface area contributed by atoms with Gasteiger partial charge in [-0.25, -0.2) is 0 Å². The summed E-state index contributed by atoms with van der Waals surface area (Å²) in [6.45, 7) is 7.96. The van der Waals surface area contributed by atoms with Crippen LogP contribution >= 0.6 is 0 Å². The van der Waals surface area contributed by atoms with Gasteiger partial charge in [0.05, 0.1) is 12.1 Å². The highest BCUT2D eigenvalue weighted by Gasteiger charge is 2.28. The number of ether oxygens (including phenoxy) is 1. The van der Waals surface area contributed by atoms with Crippen LogP contribution in [0.15, 0.2) is 24.3 Å². The van der Waals surface area contributed by atoms with E-state index in [9.17, 15) is 4.55 Å². The second-order valence-electron chi connectivity index (χ2n) is 6.82. The molecule has 1 aliphatic carbocycles. The van der Waals surface area contributed by atoms with Gasteiger partial charge in [0.25, 0.3) is 0 Å². The van der Waals surface area contributed by atoms with Crippen LogP contribution in [-0.4, -0.2) is 15.4 Å². The topological polar surface area (TPSA) is 44.3 Å². The van der Waals surface area contributed by atoms with Gasteiger partial charge in [0.1, 0.15) is 10.5 Å². The van der Waals surface area contributed by atoms with Gasteiger partial charge >= 0.3 is 0 Å². The minimum absolute atomic E-state index is 0.0391. The molecule has 2 atom stereocenters. The molecule has 0 saturated heterocycles. The molecule has 1 N–H and O–H groups in total. The molecule has 0 aliphatic heterocycles.